The first kappa shape index (κ1) is 10.8. The summed E-state index contributed by atoms with van der Waals surface area (Å²) in [6.07, 6.45) is 1.64. The van der Waals surface area contributed by atoms with E-state index in [0.29, 0.717) is 11.5 Å². The third kappa shape index (κ3) is 2.46. The van der Waals surface area contributed by atoms with Crippen molar-refractivity contribution >= 4 is 38.5 Å². The fourth-order valence-electron chi connectivity index (χ4n) is 1.44. The lowest BCUT2D eigenvalue weighted by atomic mass is 10.4. The quantitative estimate of drug-likeness (QED) is 0.810. The van der Waals surface area contributed by atoms with E-state index in [1.54, 1.807) is 6.20 Å². The van der Waals surface area contributed by atoms with Gasteiger partial charge in [0.25, 0.3) is 0 Å². The van der Waals surface area contributed by atoms with Gasteiger partial charge >= 0.3 is 0 Å². The number of nitrogens with zero attached hydrogens (tertiary/aromatic N) is 3. The van der Waals surface area contributed by atoms with Crippen LogP contribution in [0.3, 0.4) is 0 Å². The van der Waals surface area contributed by atoms with Crippen molar-refractivity contribution in [1.82, 2.24) is 9.97 Å². The largest absolute Gasteiger partial charge is 0.368 e. The lowest BCUT2D eigenvalue weighted by Gasteiger charge is -2.27. The second-order valence-electron chi connectivity index (χ2n) is 3.23. The van der Waals surface area contributed by atoms with E-state index in [9.17, 15) is 4.21 Å². The molecule has 0 bridgehead atoms. The Kier molecular flexibility index (Phi) is 3.20. The van der Waals surface area contributed by atoms with Crippen LogP contribution < -0.4 is 10.6 Å². The van der Waals surface area contributed by atoms with Gasteiger partial charge in [-0.05, 0) is 15.9 Å². The Hall–Kier alpha value is -0.690. The van der Waals surface area contributed by atoms with Crippen LogP contribution >= 0.6 is 15.9 Å². The molecule has 1 aliphatic rings. The minimum Gasteiger partial charge on any atom is -0.368 e. The number of nitrogen functional groups attached to an aromatic ring is 1. The molecule has 0 aliphatic carbocycles. The Labute approximate surface area is 98.7 Å². The maximum atomic E-state index is 11.2. The molecule has 2 heterocycles. The Bertz CT molecular complexity index is 390. The second kappa shape index (κ2) is 4.44. The van der Waals surface area contributed by atoms with E-state index < -0.39 is 10.8 Å². The standard InChI is InChI=1S/C8H11BrN4OS/c9-6-5-11-8(10)12-7(6)13-1-3-15(14)4-2-13/h5H,1-4H2,(H2,10,11,12). The fourth-order valence-corrected chi connectivity index (χ4v) is 2.94. The molecule has 82 valence electrons. The van der Waals surface area contributed by atoms with E-state index in [4.69, 9.17) is 5.73 Å². The molecule has 0 atom stereocenters. The lowest BCUT2D eigenvalue weighted by Crippen LogP contribution is -2.38. The molecule has 1 aromatic heterocycles. The highest BCUT2D eigenvalue weighted by Crippen LogP contribution is 2.24. The molecule has 0 unspecified atom stereocenters. The van der Waals surface area contributed by atoms with E-state index >= 15 is 0 Å². The van der Waals surface area contributed by atoms with Crippen LogP contribution in [0.2, 0.25) is 0 Å². The van der Waals surface area contributed by atoms with Gasteiger partial charge < -0.3 is 10.6 Å². The maximum Gasteiger partial charge on any atom is 0.222 e. The lowest BCUT2D eigenvalue weighted by molar-refractivity contribution is 0.672. The highest BCUT2D eigenvalue weighted by atomic mass is 79.9. The number of rotatable bonds is 1. The highest BCUT2D eigenvalue weighted by molar-refractivity contribution is 9.10. The molecule has 5 nitrogen and oxygen atoms in total. The zero-order valence-electron chi connectivity index (χ0n) is 8.02. The maximum absolute atomic E-state index is 11.2. The summed E-state index contributed by atoms with van der Waals surface area (Å²) in [7, 11) is -0.678. The average molecular weight is 291 g/mol. The van der Waals surface area contributed by atoms with Crippen molar-refractivity contribution in [2.75, 3.05) is 35.2 Å². The first-order valence-corrected chi connectivity index (χ1v) is 6.83. The fraction of sp³-hybridized carbons (Fsp3) is 0.500. The van der Waals surface area contributed by atoms with Gasteiger partial charge in [0.2, 0.25) is 5.95 Å². The molecule has 2 N–H and O–H groups in total. The number of halogens is 1. The van der Waals surface area contributed by atoms with Crippen LogP contribution in [0, 0.1) is 0 Å². The van der Waals surface area contributed by atoms with Crippen LogP contribution in [0.4, 0.5) is 11.8 Å². The van der Waals surface area contributed by atoms with E-state index in [1.807, 2.05) is 0 Å². The minimum atomic E-state index is -0.678. The first-order chi connectivity index (χ1) is 7.16. The topological polar surface area (TPSA) is 72.1 Å². The number of hydrogen-bond donors (Lipinski definition) is 1. The molecular weight excluding hydrogens is 280 g/mol. The summed E-state index contributed by atoms with van der Waals surface area (Å²) in [6, 6.07) is 0. The summed E-state index contributed by atoms with van der Waals surface area (Å²) in [5.74, 6) is 2.44. The van der Waals surface area contributed by atoms with Gasteiger partial charge in [-0.3, -0.25) is 4.21 Å². The van der Waals surface area contributed by atoms with E-state index in [2.05, 4.69) is 30.8 Å². The van der Waals surface area contributed by atoms with Gasteiger partial charge in [-0.1, -0.05) is 0 Å². The van der Waals surface area contributed by atoms with Gasteiger partial charge in [-0.15, -0.1) is 0 Å². The summed E-state index contributed by atoms with van der Waals surface area (Å²) < 4.78 is 12.0. The van der Waals surface area contributed by atoms with Gasteiger partial charge in [0.1, 0.15) is 5.82 Å². The van der Waals surface area contributed by atoms with Crippen LogP contribution in [0.5, 0.6) is 0 Å². The zero-order valence-corrected chi connectivity index (χ0v) is 10.4. The molecule has 0 radical (unpaired) electrons. The Balaban J connectivity index is 2.21. The van der Waals surface area contributed by atoms with E-state index in [-0.39, 0.29) is 5.95 Å². The molecule has 0 aromatic carbocycles. The van der Waals surface area contributed by atoms with Crippen molar-refractivity contribution in [3.05, 3.63) is 10.7 Å². The second-order valence-corrected chi connectivity index (χ2v) is 5.79. The molecule has 2 rings (SSSR count). The van der Waals surface area contributed by atoms with Crippen molar-refractivity contribution in [2.45, 2.75) is 0 Å². The summed E-state index contributed by atoms with van der Waals surface area (Å²) in [4.78, 5) is 10.1. The number of anilines is 2. The summed E-state index contributed by atoms with van der Waals surface area (Å²) in [6.45, 7) is 1.50. The van der Waals surface area contributed by atoms with Gasteiger partial charge in [-0.2, -0.15) is 4.98 Å². The van der Waals surface area contributed by atoms with Gasteiger partial charge in [0.15, 0.2) is 0 Å². The number of hydrogen-bond acceptors (Lipinski definition) is 5. The molecule has 15 heavy (non-hydrogen) atoms. The third-order valence-corrected chi connectivity index (χ3v) is 4.06. The zero-order chi connectivity index (χ0) is 10.8. The van der Waals surface area contributed by atoms with E-state index in [0.717, 1.165) is 23.4 Å². The monoisotopic (exact) mass is 290 g/mol. The summed E-state index contributed by atoms with van der Waals surface area (Å²) in [5.41, 5.74) is 5.53. The predicted octanol–water partition coefficient (Wildman–Crippen LogP) is 0.390. The van der Waals surface area contributed by atoms with Crippen molar-refractivity contribution in [3.8, 4) is 0 Å². The van der Waals surface area contributed by atoms with E-state index in [1.165, 1.54) is 0 Å². The van der Waals surface area contributed by atoms with Crippen LogP contribution in [-0.2, 0) is 10.8 Å². The normalized spacial score (nSPS) is 18.1. The molecule has 1 aliphatic heterocycles. The SMILES string of the molecule is Nc1ncc(Br)c(N2CCS(=O)CC2)n1. The van der Waals surface area contributed by atoms with Crippen LogP contribution in [-0.4, -0.2) is 38.8 Å². The summed E-state index contributed by atoms with van der Waals surface area (Å²) >= 11 is 3.38. The first-order valence-electron chi connectivity index (χ1n) is 4.55. The summed E-state index contributed by atoms with van der Waals surface area (Å²) in [5, 5.41) is 0. The van der Waals surface area contributed by atoms with Crippen molar-refractivity contribution < 1.29 is 4.21 Å². The van der Waals surface area contributed by atoms with Crippen LogP contribution in [0.1, 0.15) is 0 Å². The molecular formula is C8H11BrN4OS. The molecule has 1 saturated heterocycles. The third-order valence-electron chi connectivity index (χ3n) is 2.22. The van der Waals surface area contributed by atoms with Crippen LogP contribution in [0.15, 0.2) is 10.7 Å². The van der Waals surface area contributed by atoms with Gasteiger partial charge in [-0.25, -0.2) is 4.98 Å². The molecule has 1 aromatic rings. The molecule has 0 saturated carbocycles. The Morgan fingerprint density at radius 1 is 1.47 bits per heavy atom. The minimum absolute atomic E-state index is 0.264. The molecule has 7 heteroatoms. The number of aromatic nitrogens is 2. The van der Waals surface area contributed by atoms with Gasteiger partial charge in [0.05, 0.1) is 4.47 Å². The molecule has 0 spiro atoms. The smallest absolute Gasteiger partial charge is 0.222 e. The van der Waals surface area contributed by atoms with Crippen molar-refractivity contribution in [3.63, 3.8) is 0 Å². The predicted molar refractivity (Wildman–Crippen MR) is 64.2 cm³/mol. The van der Waals surface area contributed by atoms with Crippen molar-refractivity contribution in [2.24, 2.45) is 0 Å². The average Bonchev–Trinajstić information content (AvgIpc) is 2.23. The Morgan fingerprint density at radius 2 is 2.13 bits per heavy atom. The molecule has 0 amide bonds. The Morgan fingerprint density at radius 3 is 2.80 bits per heavy atom. The van der Waals surface area contributed by atoms with Crippen LogP contribution in [0.25, 0.3) is 0 Å². The highest BCUT2D eigenvalue weighted by Gasteiger charge is 2.18. The number of nitrogens with two attached hydrogens (primary N) is 1. The molecule has 1 fully saturated rings. The van der Waals surface area contributed by atoms with Gasteiger partial charge in [0, 0.05) is 41.6 Å². The van der Waals surface area contributed by atoms with Crippen molar-refractivity contribution in [1.29, 1.82) is 0 Å².